The van der Waals surface area contributed by atoms with Crippen LogP contribution in [0.4, 0.5) is 18.9 Å². The van der Waals surface area contributed by atoms with E-state index in [1.54, 1.807) is 50.4 Å². The zero-order valence-corrected chi connectivity index (χ0v) is 22.6. The molecule has 1 amide bonds. The first kappa shape index (κ1) is 27.4. The van der Waals surface area contributed by atoms with Crippen LogP contribution in [0.5, 0.6) is 0 Å². The average Bonchev–Trinajstić information content (AvgIpc) is 3.21. The molecular weight excluding hydrogens is 513 g/mol. The molecule has 9 heteroatoms. The second-order valence-corrected chi connectivity index (χ2v) is 11.7. The summed E-state index contributed by atoms with van der Waals surface area (Å²) in [6, 6.07) is 15.4. The summed E-state index contributed by atoms with van der Waals surface area (Å²) < 4.78 is 66.3. The Balaban J connectivity index is 1.72. The predicted molar refractivity (Wildman–Crippen MR) is 143 cm³/mol. The van der Waals surface area contributed by atoms with Crippen LogP contribution in [-0.4, -0.2) is 24.5 Å². The number of nitrogens with one attached hydrogen (secondary N) is 1. The number of carbonyl (C=O) groups is 1. The van der Waals surface area contributed by atoms with E-state index in [1.165, 1.54) is 16.1 Å². The summed E-state index contributed by atoms with van der Waals surface area (Å²) in [7, 11) is -3.80. The highest BCUT2D eigenvalue weighted by molar-refractivity contribution is 7.90. The van der Waals surface area contributed by atoms with E-state index in [-0.39, 0.29) is 16.5 Å². The van der Waals surface area contributed by atoms with Gasteiger partial charge >= 0.3 is 12.1 Å². The maximum absolute atomic E-state index is 13.5. The number of halogens is 3. The largest absolute Gasteiger partial charge is 0.471 e. The zero-order valence-electron chi connectivity index (χ0n) is 21.8. The summed E-state index contributed by atoms with van der Waals surface area (Å²) in [5, 5.41) is 2.74. The maximum atomic E-state index is 13.5. The Morgan fingerprint density at radius 2 is 1.55 bits per heavy atom. The number of amides is 1. The van der Waals surface area contributed by atoms with Crippen LogP contribution < -0.4 is 5.32 Å². The zero-order chi connectivity index (χ0) is 28.0. The van der Waals surface area contributed by atoms with Crippen LogP contribution in [0.3, 0.4) is 0 Å². The number of nitrogens with zero attached hydrogens (tertiary/aromatic N) is 1. The highest BCUT2D eigenvalue weighted by Crippen LogP contribution is 2.33. The number of hydrogen-bond acceptors (Lipinski definition) is 3. The van der Waals surface area contributed by atoms with Crippen LogP contribution in [0.15, 0.2) is 65.7 Å². The van der Waals surface area contributed by atoms with Crippen molar-refractivity contribution in [3.05, 3.63) is 94.2 Å². The van der Waals surface area contributed by atoms with Gasteiger partial charge in [-0.3, -0.25) is 4.79 Å². The summed E-state index contributed by atoms with van der Waals surface area (Å²) in [4.78, 5) is 11.6. The number of hydrogen-bond donors (Lipinski definition) is 1. The van der Waals surface area contributed by atoms with Crippen molar-refractivity contribution in [2.24, 2.45) is 0 Å². The molecule has 0 aliphatic carbocycles. The van der Waals surface area contributed by atoms with Crippen LogP contribution >= 0.6 is 0 Å². The number of alkyl halides is 3. The van der Waals surface area contributed by atoms with Crippen molar-refractivity contribution in [3.8, 4) is 0 Å². The van der Waals surface area contributed by atoms with E-state index >= 15 is 0 Å². The lowest BCUT2D eigenvalue weighted by atomic mass is 9.94. The van der Waals surface area contributed by atoms with Gasteiger partial charge in [-0.05, 0) is 97.3 Å². The summed E-state index contributed by atoms with van der Waals surface area (Å²) in [5.41, 5.74) is 5.87. The molecule has 1 aromatic heterocycles. The van der Waals surface area contributed by atoms with Gasteiger partial charge in [0.2, 0.25) is 0 Å². The fraction of sp³-hybridized carbons (Fsp3) is 0.276. The van der Waals surface area contributed by atoms with Crippen LogP contribution in [0.2, 0.25) is 0 Å². The van der Waals surface area contributed by atoms with Gasteiger partial charge < -0.3 is 5.32 Å². The molecule has 0 unspecified atom stereocenters. The number of rotatable bonds is 6. The van der Waals surface area contributed by atoms with Crippen molar-refractivity contribution in [1.82, 2.24) is 3.97 Å². The van der Waals surface area contributed by atoms with Gasteiger partial charge in [0.05, 0.1) is 10.4 Å². The Kier molecular flexibility index (Phi) is 7.18. The first-order valence-corrected chi connectivity index (χ1v) is 13.6. The maximum Gasteiger partial charge on any atom is 0.471 e. The highest BCUT2D eigenvalue weighted by Gasteiger charge is 2.38. The lowest BCUT2D eigenvalue weighted by Crippen LogP contribution is -2.30. The molecule has 0 radical (unpaired) electrons. The van der Waals surface area contributed by atoms with Gasteiger partial charge in [-0.15, -0.1) is 0 Å². The smallest absolute Gasteiger partial charge is 0.318 e. The van der Waals surface area contributed by atoms with Crippen LogP contribution in [0, 0.1) is 20.8 Å². The summed E-state index contributed by atoms with van der Waals surface area (Å²) in [6.07, 6.45) is -2.79. The predicted octanol–water partition coefficient (Wildman–Crippen LogP) is 7.02. The number of fused-ring (bicyclic) bond motifs is 1. The Hall–Kier alpha value is -3.59. The molecule has 0 aliphatic heterocycles. The normalized spacial score (nSPS) is 12.3. The van der Waals surface area contributed by atoms with E-state index in [9.17, 15) is 26.4 Å². The number of aromatic nitrogens is 1. The molecule has 1 N–H and O–H groups in total. The molecule has 3 aromatic carbocycles. The van der Waals surface area contributed by atoms with Crippen molar-refractivity contribution in [1.29, 1.82) is 0 Å². The molecule has 0 aliphatic rings. The fourth-order valence-electron chi connectivity index (χ4n) is 4.62. The minimum atomic E-state index is -4.96. The van der Waals surface area contributed by atoms with Crippen molar-refractivity contribution in [2.75, 3.05) is 5.32 Å². The molecule has 0 saturated carbocycles. The molecule has 0 fully saturated rings. The Morgan fingerprint density at radius 3 is 2.11 bits per heavy atom. The minimum absolute atomic E-state index is 0.0715. The highest BCUT2D eigenvalue weighted by atomic mass is 32.2. The van der Waals surface area contributed by atoms with Crippen LogP contribution in [-0.2, 0) is 21.2 Å². The van der Waals surface area contributed by atoms with E-state index < -0.39 is 22.1 Å². The number of aryl methyl sites for hydroxylation is 3. The second-order valence-electron chi connectivity index (χ2n) is 9.92. The van der Waals surface area contributed by atoms with Gasteiger partial charge in [0.25, 0.3) is 10.0 Å². The van der Waals surface area contributed by atoms with Gasteiger partial charge in [-0.1, -0.05) is 37.6 Å². The van der Waals surface area contributed by atoms with Gasteiger partial charge in [0.15, 0.2) is 0 Å². The summed E-state index contributed by atoms with van der Waals surface area (Å²) >= 11 is 0. The first-order valence-electron chi connectivity index (χ1n) is 12.1. The molecule has 4 rings (SSSR count). The van der Waals surface area contributed by atoms with E-state index in [0.717, 1.165) is 38.8 Å². The number of carbonyl (C=O) groups excluding carboxylic acids is 1. The molecule has 0 spiro atoms. The van der Waals surface area contributed by atoms with Crippen molar-refractivity contribution < 1.29 is 26.4 Å². The van der Waals surface area contributed by atoms with Gasteiger partial charge in [-0.2, -0.15) is 13.2 Å². The van der Waals surface area contributed by atoms with Gasteiger partial charge in [0.1, 0.15) is 0 Å². The van der Waals surface area contributed by atoms with Crippen molar-refractivity contribution >= 4 is 32.5 Å². The average molecular weight is 543 g/mol. The SMILES string of the molecule is Cc1ccc(S(=O)(=O)n2cc(C(C)C)c3cc(Cc4c(C)cc(NC(=O)C(F)(F)F)cc4C)ccc32)cc1. The summed E-state index contributed by atoms with van der Waals surface area (Å²) in [6.45, 7) is 9.48. The Labute approximate surface area is 220 Å². The van der Waals surface area contributed by atoms with E-state index in [2.05, 4.69) is 0 Å². The lowest BCUT2D eigenvalue weighted by molar-refractivity contribution is -0.167. The standard InChI is InChI=1S/C29H29F3N2O3S/c1-17(2)26-16-34(38(36,37)23-9-6-18(3)7-10-23)27-11-8-21(15-25(26)27)14-24-19(4)12-22(13-20(24)5)33-28(35)29(30,31)32/h6-13,15-17H,14H2,1-5H3,(H,33,35). The van der Waals surface area contributed by atoms with E-state index in [1.807, 2.05) is 38.2 Å². The second kappa shape index (κ2) is 9.94. The fourth-order valence-corrected chi connectivity index (χ4v) is 5.99. The molecule has 1 heterocycles. The van der Waals surface area contributed by atoms with Crippen LogP contribution in [0.1, 0.15) is 53.1 Å². The van der Waals surface area contributed by atoms with E-state index in [4.69, 9.17) is 0 Å². The number of anilines is 1. The van der Waals surface area contributed by atoms with Crippen molar-refractivity contribution in [3.63, 3.8) is 0 Å². The lowest BCUT2D eigenvalue weighted by Gasteiger charge is -2.15. The Morgan fingerprint density at radius 1 is 0.947 bits per heavy atom. The first-order chi connectivity index (χ1) is 17.7. The van der Waals surface area contributed by atoms with Crippen molar-refractivity contribution in [2.45, 2.75) is 58.0 Å². The molecule has 0 saturated heterocycles. The third-order valence-electron chi connectivity index (χ3n) is 6.66. The van der Waals surface area contributed by atoms with E-state index in [0.29, 0.717) is 11.9 Å². The minimum Gasteiger partial charge on any atom is -0.318 e. The third kappa shape index (κ3) is 5.34. The monoisotopic (exact) mass is 542 g/mol. The summed E-state index contributed by atoms with van der Waals surface area (Å²) in [5.74, 6) is -1.94. The van der Waals surface area contributed by atoms with Gasteiger partial charge in [0, 0.05) is 17.3 Å². The Bertz CT molecular complexity index is 1610. The molecule has 4 aromatic rings. The molecule has 0 atom stereocenters. The molecule has 5 nitrogen and oxygen atoms in total. The quantitative estimate of drug-likeness (QED) is 0.285. The third-order valence-corrected chi connectivity index (χ3v) is 8.35. The molecule has 200 valence electrons. The van der Waals surface area contributed by atoms with Gasteiger partial charge in [-0.25, -0.2) is 12.4 Å². The molecule has 0 bridgehead atoms. The molecule has 38 heavy (non-hydrogen) atoms. The van der Waals surface area contributed by atoms with Crippen LogP contribution in [0.25, 0.3) is 10.9 Å². The molecular formula is C29H29F3N2O3S. The number of benzene rings is 3. The topological polar surface area (TPSA) is 68.2 Å².